The second-order valence-corrected chi connectivity index (χ2v) is 23.3. The molecule has 0 saturated carbocycles. The van der Waals surface area contributed by atoms with E-state index in [9.17, 15) is 62.6 Å². The van der Waals surface area contributed by atoms with Crippen LogP contribution in [0.2, 0.25) is 0 Å². The fraction of sp³-hybridized carbons (Fsp3) is 0.618. The normalized spacial score (nSPS) is 15.9. The van der Waals surface area contributed by atoms with Crippen LogP contribution in [0.5, 0.6) is 0 Å². The van der Waals surface area contributed by atoms with Gasteiger partial charge in [-0.05, 0) is 108 Å². The first-order valence-corrected chi connectivity index (χ1v) is 31.7. The molecule has 1 aliphatic heterocycles. The van der Waals surface area contributed by atoms with E-state index in [0.717, 1.165) is 10.9 Å². The van der Waals surface area contributed by atoms with E-state index in [-0.39, 0.29) is 81.4 Å². The topological polar surface area (TPSA) is 481 Å². The van der Waals surface area contributed by atoms with Crippen molar-refractivity contribution in [1.82, 2.24) is 63.1 Å². The molecule has 0 bridgehead atoms. The standard InChI is InChI=1S/C55H89N17O13S3/c1-29(2)22-38(49(79)69-39(23-32-24-61-34-13-7-6-12-33(32)34)46(76)63-25-43(73)62-26-44(74)65-37(54(84)85)14-8-9-18-56)68-51(81)41(28-87)71-47(77)35(15-10-19-60-55(58)59)67-52(82)42-16-11-20-72(42)53(83)31(4)64-50(80)40(27-86)70-48(78)36(17-21-88-5)66-45(75)30(3)57/h6-7,12-13,24,29-31,35-42,61,86-87H,8-11,14-23,25-28,56-57H2,1-5H3,(H,62,73)(H,63,76)(H,64,80)(H,65,74)(H,66,75)(H,67,82)(H,68,81)(H,69,79)(H,70,78)(H,71,77)(H,84,85)(H4,58,59,60)/t30-,31-,35-,36-,37-,38-,39-,40-,41-,42-/m0/s1. The van der Waals surface area contributed by atoms with Gasteiger partial charge in [-0.2, -0.15) is 37.0 Å². The second kappa shape index (κ2) is 38.8. The monoisotopic (exact) mass is 1290 g/mol. The molecular weight excluding hydrogens is 1200 g/mol. The zero-order chi connectivity index (χ0) is 65.6. The molecule has 3 rings (SSSR count). The number of thioether (sulfide) groups is 1. The number of nitrogens with two attached hydrogens (primary N) is 4. The molecule has 0 spiro atoms. The number of carbonyl (C=O) groups is 12. The Balaban J connectivity index is 1.77. The van der Waals surface area contributed by atoms with Gasteiger partial charge in [0.2, 0.25) is 65.0 Å². The number of guanidine groups is 1. The summed E-state index contributed by atoms with van der Waals surface area (Å²) in [7, 11) is 0. The number of benzene rings is 1. The minimum absolute atomic E-state index is 0.0377. The van der Waals surface area contributed by atoms with E-state index in [2.05, 4.69) is 88.4 Å². The SMILES string of the molecule is CSCC[C@H](NC(=O)[C@H](C)N)C(=O)N[C@@H](CS)C(=O)N[C@@H](C)C(=O)N1CCC[C@H]1C(=O)N[C@@H](CCCN=C(N)N)C(=O)N[C@@H](CS)C(=O)N[C@@H](CC(C)C)C(=O)N[C@@H](Cc1c[nH]c2ccccc12)C(=O)NCC(=O)NCC(=O)N[C@@H](CCCCN)C(=O)O. The van der Waals surface area contributed by atoms with Gasteiger partial charge in [-0.1, -0.05) is 32.0 Å². The average molecular weight is 1290 g/mol. The highest BCUT2D eigenvalue weighted by Crippen LogP contribution is 2.21. The molecular formula is C55H89N17O13S3. The third kappa shape index (κ3) is 25.4. The van der Waals surface area contributed by atoms with Crippen LogP contribution < -0.4 is 76.1 Å². The predicted molar refractivity (Wildman–Crippen MR) is 338 cm³/mol. The summed E-state index contributed by atoms with van der Waals surface area (Å²) in [6.45, 7) is 5.69. The van der Waals surface area contributed by atoms with Crippen molar-refractivity contribution in [3.63, 3.8) is 0 Å². The Kier molecular flexibility index (Phi) is 33.0. The van der Waals surface area contributed by atoms with Gasteiger partial charge in [-0.3, -0.25) is 57.7 Å². The molecule has 20 N–H and O–H groups in total. The molecule has 1 fully saturated rings. The number of carboxylic acids is 1. The Morgan fingerprint density at radius 1 is 0.682 bits per heavy atom. The minimum Gasteiger partial charge on any atom is -0.480 e. The Morgan fingerprint density at radius 3 is 1.85 bits per heavy atom. The molecule has 490 valence electrons. The largest absolute Gasteiger partial charge is 0.480 e. The van der Waals surface area contributed by atoms with Crippen molar-refractivity contribution in [2.75, 3.05) is 56.2 Å². The van der Waals surface area contributed by atoms with Crippen LogP contribution >= 0.6 is 37.0 Å². The molecule has 1 aliphatic rings. The second-order valence-electron chi connectivity index (χ2n) is 21.6. The average Bonchev–Trinajstić information content (AvgIpc) is 4.28. The summed E-state index contributed by atoms with van der Waals surface area (Å²) in [5.41, 5.74) is 23.6. The number of unbranched alkanes of at least 4 members (excludes halogenated alkanes) is 1. The smallest absolute Gasteiger partial charge is 0.326 e. The number of nitrogens with zero attached hydrogens (tertiary/aromatic N) is 2. The van der Waals surface area contributed by atoms with Crippen LogP contribution in [0.3, 0.4) is 0 Å². The maximum atomic E-state index is 14.3. The quantitative estimate of drug-likeness (QED) is 0.0132. The number of thiol groups is 2. The molecule has 1 aromatic carbocycles. The summed E-state index contributed by atoms with van der Waals surface area (Å²) in [6, 6.07) is -4.89. The first-order chi connectivity index (χ1) is 41.7. The number of H-pyrrole nitrogens is 1. The Morgan fingerprint density at radius 2 is 1.25 bits per heavy atom. The van der Waals surface area contributed by atoms with E-state index in [1.807, 2.05) is 12.3 Å². The molecule has 33 heteroatoms. The predicted octanol–water partition coefficient (Wildman–Crippen LogP) is -3.89. The van der Waals surface area contributed by atoms with Crippen molar-refractivity contribution in [2.45, 2.75) is 152 Å². The summed E-state index contributed by atoms with van der Waals surface area (Å²) >= 11 is 10.0. The molecule has 1 saturated heterocycles. The van der Waals surface area contributed by atoms with Crippen LogP contribution in [0.25, 0.3) is 10.9 Å². The van der Waals surface area contributed by atoms with Crippen LogP contribution in [0.1, 0.15) is 91.0 Å². The molecule has 0 radical (unpaired) electrons. The molecule has 0 aliphatic carbocycles. The molecule has 2 aromatic rings. The number of carboxylic acid groups (broad SMARTS) is 1. The number of fused-ring (bicyclic) bond motifs is 1. The van der Waals surface area contributed by atoms with Crippen molar-refractivity contribution in [1.29, 1.82) is 0 Å². The third-order valence-electron chi connectivity index (χ3n) is 14.0. The molecule has 10 atom stereocenters. The van der Waals surface area contributed by atoms with Crippen molar-refractivity contribution < 1.29 is 62.6 Å². The Bertz CT molecular complexity index is 2750. The number of amides is 11. The molecule has 2 heterocycles. The van der Waals surface area contributed by atoms with Gasteiger partial charge in [0.25, 0.3) is 0 Å². The summed E-state index contributed by atoms with van der Waals surface area (Å²) in [5.74, 6) is -9.94. The van der Waals surface area contributed by atoms with Crippen LogP contribution in [0, 0.1) is 5.92 Å². The van der Waals surface area contributed by atoms with Crippen LogP contribution in [0.4, 0.5) is 0 Å². The number of rotatable bonds is 39. The molecule has 1 aromatic heterocycles. The van der Waals surface area contributed by atoms with Gasteiger partial charge >= 0.3 is 5.97 Å². The van der Waals surface area contributed by atoms with Crippen LogP contribution in [-0.2, 0) is 64.0 Å². The number of aromatic nitrogens is 1. The van der Waals surface area contributed by atoms with E-state index in [1.165, 1.54) is 30.5 Å². The first kappa shape index (κ1) is 74.9. The number of likely N-dealkylation sites (tertiary alicyclic amines) is 1. The van der Waals surface area contributed by atoms with Crippen LogP contribution in [0.15, 0.2) is 35.5 Å². The van der Waals surface area contributed by atoms with Gasteiger partial charge in [-0.15, -0.1) is 0 Å². The van der Waals surface area contributed by atoms with E-state index in [4.69, 9.17) is 22.9 Å². The first-order valence-electron chi connectivity index (χ1n) is 29.0. The number of para-hydroxylation sites is 1. The van der Waals surface area contributed by atoms with Crippen LogP contribution in [-0.4, -0.2) is 209 Å². The van der Waals surface area contributed by atoms with Gasteiger partial charge in [0, 0.05) is 48.1 Å². The fourth-order valence-corrected chi connectivity index (χ4v) is 10.2. The van der Waals surface area contributed by atoms with Crippen molar-refractivity contribution >= 4 is 125 Å². The molecule has 0 unspecified atom stereocenters. The number of aliphatic carboxylic acids is 1. The van der Waals surface area contributed by atoms with Gasteiger partial charge in [0.15, 0.2) is 5.96 Å². The third-order valence-corrected chi connectivity index (χ3v) is 15.3. The summed E-state index contributed by atoms with van der Waals surface area (Å²) in [4.78, 5) is 169. The van der Waals surface area contributed by atoms with Crippen molar-refractivity contribution in [3.05, 3.63) is 36.0 Å². The van der Waals surface area contributed by atoms with E-state index < -0.39 is 144 Å². The van der Waals surface area contributed by atoms with Gasteiger partial charge in [0.1, 0.15) is 54.4 Å². The zero-order valence-electron chi connectivity index (χ0n) is 50.3. The lowest BCUT2D eigenvalue weighted by Crippen LogP contribution is -2.60. The van der Waals surface area contributed by atoms with E-state index >= 15 is 0 Å². The van der Waals surface area contributed by atoms with Crippen molar-refractivity contribution in [2.24, 2.45) is 33.8 Å². The maximum absolute atomic E-state index is 14.3. The summed E-state index contributed by atoms with van der Waals surface area (Å²) in [6.07, 6.45) is 5.42. The highest BCUT2D eigenvalue weighted by molar-refractivity contribution is 7.98. The number of aromatic amines is 1. The highest BCUT2D eigenvalue weighted by Gasteiger charge is 2.39. The van der Waals surface area contributed by atoms with Gasteiger partial charge < -0.3 is 91.1 Å². The lowest BCUT2D eigenvalue weighted by atomic mass is 10.0. The fourth-order valence-electron chi connectivity index (χ4n) is 9.21. The molecule has 30 nitrogen and oxygen atoms in total. The lowest BCUT2D eigenvalue weighted by molar-refractivity contribution is -0.142. The zero-order valence-corrected chi connectivity index (χ0v) is 52.9. The van der Waals surface area contributed by atoms with E-state index in [0.29, 0.717) is 37.1 Å². The lowest BCUT2D eigenvalue weighted by Gasteiger charge is -2.30. The Hall–Kier alpha value is -7.36. The molecule has 88 heavy (non-hydrogen) atoms. The number of aliphatic imine (C=N–C) groups is 1. The summed E-state index contributed by atoms with van der Waals surface area (Å²) < 4.78 is 0. The number of nitrogens with one attached hydrogen (secondary N) is 11. The number of hydrogen-bond acceptors (Lipinski definition) is 18. The van der Waals surface area contributed by atoms with E-state index in [1.54, 1.807) is 38.2 Å². The van der Waals surface area contributed by atoms with Gasteiger partial charge in [-0.25, -0.2) is 4.79 Å². The summed E-state index contributed by atoms with van der Waals surface area (Å²) in [5, 5.41) is 35.8. The Labute approximate surface area is 526 Å². The number of carbonyl (C=O) groups excluding carboxylic acids is 11. The maximum Gasteiger partial charge on any atom is 0.326 e. The highest BCUT2D eigenvalue weighted by atomic mass is 32.2. The minimum atomic E-state index is -1.41. The number of hydrogen-bond donors (Lipinski definition) is 18. The van der Waals surface area contributed by atoms with Gasteiger partial charge in [0.05, 0.1) is 19.1 Å². The van der Waals surface area contributed by atoms with Crippen molar-refractivity contribution in [3.8, 4) is 0 Å². The molecule has 11 amide bonds.